The van der Waals surface area contributed by atoms with E-state index in [-0.39, 0.29) is 13.1 Å². The first-order chi connectivity index (χ1) is 10.6. The molecule has 0 radical (unpaired) electrons. The van der Waals surface area contributed by atoms with Crippen LogP contribution in [0.25, 0.3) is 0 Å². The minimum absolute atomic E-state index is 0.120. The number of aromatic nitrogens is 2. The lowest BCUT2D eigenvalue weighted by Crippen LogP contribution is -2.21. The van der Waals surface area contributed by atoms with Crippen molar-refractivity contribution in [2.75, 3.05) is 7.11 Å². The summed E-state index contributed by atoms with van der Waals surface area (Å²) in [5.41, 5.74) is 1.64. The minimum Gasteiger partial charge on any atom is -0.465 e. The zero-order valence-corrected chi connectivity index (χ0v) is 12.8. The molecule has 0 bridgehead atoms. The Morgan fingerprint density at radius 3 is 2.59 bits per heavy atom. The third-order valence-corrected chi connectivity index (χ3v) is 3.65. The summed E-state index contributed by atoms with van der Waals surface area (Å²) in [7, 11) is -1.47. The molecule has 0 N–H and O–H groups in total. The lowest BCUT2D eigenvalue weighted by atomic mass is 10.2. The second-order valence-electron chi connectivity index (χ2n) is 4.45. The lowest BCUT2D eigenvalue weighted by Gasteiger charge is -2.14. The first kappa shape index (κ1) is 16.1. The summed E-state index contributed by atoms with van der Waals surface area (Å²) in [4.78, 5) is 19.4. The van der Waals surface area contributed by atoms with E-state index in [1.165, 1.54) is 17.6 Å². The van der Waals surface area contributed by atoms with Crippen LogP contribution in [-0.4, -0.2) is 35.8 Å². The maximum Gasteiger partial charge on any atom is 0.339 e. The Bertz CT molecular complexity index is 694. The van der Waals surface area contributed by atoms with Crippen LogP contribution in [-0.2, 0) is 28.7 Å². The smallest absolute Gasteiger partial charge is 0.339 e. The van der Waals surface area contributed by atoms with E-state index in [1.54, 1.807) is 36.7 Å². The molecule has 0 aliphatic carbocycles. The number of esters is 1. The van der Waals surface area contributed by atoms with Crippen molar-refractivity contribution in [3.05, 3.63) is 59.7 Å². The Morgan fingerprint density at radius 2 is 2.05 bits per heavy atom. The summed E-state index contributed by atoms with van der Waals surface area (Å²) in [6.45, 7) is 0.335. The standard InChI is InChI=1S/C14H15N3O4S/c1-21-14(18)12-4-5-13(16-8-12)10-17(22(19)20)9-11-3-2-6-15-7-11/h2-8,22H,9-10H2,1H3. The Hall–Kier alpha value is -2.32. The van der Waals surface area contributed by atoms with Crippen molar-refractivity contribution in [1.29, 1.82) is 0 Å². The molecule has 2 rings (SSSR count). The van der Waals surface area contributed by atoms with Gasteiger partial charge in [0.2, 0.25) is 10.9 Å². The highest BCUT2D eigenvalue weighted by atomic mass is 32.2. The third-order valence-electron chi connectivity index (χ3n) is 2.91. The maximum atomic E-state index is 11.4. The van der Waals surface area contributed by atoms with Gasteiger partial charge in [-0.05, 0) is 23.8 Å². The van der Waals surface area contributed by atoms with Crippen LogP contribution in [0, 0.1) is 0 Å². The monoisotopic (exact) mass is 321 g/mol. The van der Waals surface area contributed by atoms with Crippen LogP contribution in [0.15, 0.2) is 42.9 Å². The van der Waals surface area contributed by atoms with Gasteiger partial charge in [-0.3, -0.25) is 9.97 Å². The maximum absolute atomic E-state index is 11.4. The van der Waals surface area contributed by atoms with Gasteiger partial charge in [0.1, 0.15) is 0 Å². The van der Waals surface area contributed by atoms with E-state index in [2.05, 4.69) is 14.7 Å². The van der Waals surface area contributed by atoms with Crippen molar-refractivity contribution >= 4 is 16.9 Å². The number of hydrogen-bond acceptors (Lipinski definition) is 6. The molecular formula is C14H15N3O4S. The van der Waals surface area contributed by atoms with Gasteiger partial charge in [-0.25, -0.2) is 13.2 Å². The molecule has 0 saturated carbocycles. The molecule has 7 nitrogen and oxygen atoms in total. The number of methoxy groups -OCH3 is 1. The van der Waals surface area contributed by atoms with E-state index < -0.39 is 16.9 Å². The van der Waals surface area contributed by atoms with Crippen LogP contribution in [0.2, 0.25) is 0 Å². The average Bonchev–Trinajstić information content (AvgIpc) is 2.55. The highest BCUT2D eigenvalue weighted by molar-refractivity contribution is 7.69. The highest BCUT2D eigenvalue weighted by Gasteiger charge is 2.11. The molecule has 22 heavy (non-hydrogen) atoms. The molecule has 2 aromatic heterocycles. The molecule has 0 spiro atoms. The Balaban J connectivity index is 2.09. The zero-order chi connectivity index (χ0) is 15.9. The van der Waals surface area contributed by atoms with E-state index in [0.29, 0.717) is 11.3 Å². The van der Waals surface area contributed by atoms with Gasteiger partial charge < -0.3 is 4.74 Å². The Kier molecular flexibility index (Phi) is 5.56. The van der Waals surface area contributed by atoms with Crippen LogP contribution in [0.4, 0.5) is 0 Å². The van der Waals surface area contributed by atoms with Crippen molar-refractivity contribution in [3.8, 4) is 0 Å². The molecule has 0 atom stereocenters. The molecule has 0 aromatic carbocycles. The fourth-order valence-corrected chi connectivity index (χ4v) is 2.36. The molecule has 0 fully saturated rings. The van der Waals surface area contributed by atoms with Crippen LogP contribution in [0.5, 0.6) is 0 Å². The number of rotatable bonds is 6. The van der Waals surface area contributed by atoms with Crippen LogP contribution in [0.1, 0.15) is 21.6 Å². The van der Waals surface area contributed by atoms with Crippen molar-refractivity contribution in [2.45, 2.75) is 13.1 Å². The minimum atomic E-state index is -2.76. The van der Waals surface area contributed by atoms with Gasteiger partial charge in [-0.2, -0.15) is 4.31 Å². The summed E-state index contributed by atoms with van der Waals surface area (Å²) in [6, 6.07) is 6.69. The summed E-state index contributed by atoms with van der Waals surface area (Å²) < 4.78 is 28.6. The van der Waals surface area contributed by atoms with Crippen LogP contribution in [0.3, 0.4) is 0 Å². The number of carbonyl (C=O) groups excluding carboxylic acids is 1. The molecule has 0 unspecified atom stereocenters. The molecule has 0 aliphatic rings. The van der Waals surface area contributed by atoms with Crippen molar-refractivity contribution in [3.63, 3.8) is 0 Å². The van der Waals surface area contributed by atoms with E-state index >= 15 is 0 Å². The molecule has 0 aliphatic heterocycles. The second kappa shape index (κ2) is 7.62. The number of nitrogens with zero attached hydrogens (tertiary/aromatic N) is 3. The van der Waals surface area contributed by atoms with Crippen LogP contribution < -0.4 is 0 Å². The van der Waals surface area contributed by atoms with Crippen molar-refractivity contribution in [1.82, 2.24) is 14.3 Å². The fraction of sp³-hybridized carbons (Fsp3) is 0.214. The van der Waals surface area contributed by atoms with E-state index in [1.807, 2.05) is 0 Å². The summed E-state index contributed by atoms with van der Waals surface area (Å²) >= 11 is 0. The van der Waals surface area contributed by atoms with Gasteiger partial charge in [-0.15, -0.1) is 0 Å². The number of hydrogen-bond donors (Lipinski definition) is 1. The summed E-state index contributed by atoms with van der Waals surface area (Å²) in [5.74, 6) is -0.485. The molecule has 0 amide bonds. The zero-order valence-electron chi connectivity index (χ0n) is 11.9. The summed E-state index contributed by atoms with van der Waals surface area (Å²) in [6.07, 6.45) is 4.60. The van der Waals surface area contributed by atoms with Gasteiger partial charge in [-0.1, -0.05) is 6.07 Å². The van der Waals surface area contributed by atoms with Crippen molar-refractivity contribution in [2.24, 2.45) is 0 Å². The number of thiol groups is 1. The van der Waals surface area contributed by atoms with Crippen LogP contribution >= 0.6 is 0 Å². The second-order valence-corrected chi connectivity index (χ2v) is 5.49. The number of pyridine rings is 2. The number of ether oxygens (including phenoxy) is 1. The molecule has 2 heterocycles. The van der Waals surface area contributed by atoms with E-state index in [4.69, 9.17) is 0 Å². The van der Waals surface area contributed by atoms with Gasteiger partial charge in [0, 0.05) is 25.1 Å². The topological polar surface area (TPSA) is 89.5 Å². The van der Waals surface area contributed by atoms with Gasteiger partial charge in [0.15, 0.2) is 0 Å². The number of carbonyl (C=O) groups is 1. The third kappa shape index (κ3) is 4.34. The van der Waals surface area contributed by atoms with E-state index in [0.717, 1.165) is 5.56 Å². The quantitative estimate of drug-likeness (QED) is 0.625. The average molecular weight is 321 g/mol. The molecule has 8 heteroatoms. The SMILES string of the molecule is COC(=O)c1ccc(CN(Cc2cccnc2)[SH](=O)=O)nc1. The van der Waals surface area contributed by atoms with Gasteiger partial charge in [0.25, 0.3) is 0 Å². The van der Waals surface area contributed by atoms with E-state index in [9.17, 15) is 13.2 Å². The Labute approximate surface area is 129 Å². The highest BCUT2D eigenvalue weighted by Crippen LogP contribution is 2.09. The first-order valence-electron chi connectivity index (χ1n) is 6.41. The lowest BCUT2D eigenvalue weighted by molar-refractivity contribution is 0.0600. The molecule has 2 aromatic rings. The molecular weight excluding hydrogens is 306 g/mol. The molecule has 0 saturated heterocycles. The largest absolute Gasteiger partial charge is 0.465 e. The fourth-order valence-electron chi connectivity index (χ4n) is 1.82. The summed E-state index contributed by atoms with van der Waals surface area (Å²) in [5, 5.41) is 0. The Morgan fingerprint density at radius 1 is 1.23 bits per heavy atom. The van der Waals surface area contributed by atoms with Gasteiger partial charge in [0.05, 0.1) is 24.9 Å². The molecule has 116 valence electrons. The normalized spacial score (nSPS) is 10.9. The van der Waals surface area contributed by atoms with Gasteiger partial charge >= 0.3 is 5.97 Å². The predicted molar refractivity (Wildman–Crippen MR) is 79.4 cm³/mol. The predicted octanol–water partition coefficient (Wildman–Crippen LogP) is 0.792. The van der Waals surface area contributed by atoms with Crippen molar-refractivity contribution < 1.29 is 17.9 Å². The first-order valence-corrected chi connectivity index (χ1v) is 7.54.